The van der Waals surface area contributed by atoms with E-state index in [1.165, 1.54) is 5.56 Å². The van der Waals surface area contributed by atoms with E-state index in [1.807, 2.05) is 12.2 Å². The third-order valence-electron chi connectivity index (χ3n) is 3.34. The van der Waals surface area contributed by atoms with Crippen molar-refractivity contribution in [3.63, 3.8) is 0 Å². The first-order valence-electron chi connectivity index (χ1n) is 7.23. The zero-order valence-corrected chi connectivity index (χ0v) is 12.8. The van der Waals surface area contributed by atoms with Crippen LogP contribution >= 0.6 is 0 Å². The molecule has 0 aliphatic rings. The van der Waals surface area contributed by atoms with Crippen molar-refractivity contribution in [2.75, 3.05) is 0 Å². The van der Waals surface area contributed by atoms with Crippen LogP contribution in [0.1, 0.15) is 47.6 Å². The summed E-state index contributed by atoms with van der Waals surface area (Å²) >= 11 is 0. The second-order valence-electron chi connectivity index (χ2n) is 5.63. The number of carbonyl (C=O) groups is 1. The van der Waals surface area contributed by atoms with Crippen molar-refractivity contribution in [1.29, 1.82) is 0 Å². The van der Waals surface area contributed by atoms with Gasteiger partial charge in [0.25, 0.3) is 0 Å². The molecule has 0 aliphatic heterocycles. The number of rotatable bonds is 6. The number of aldehydes is 1. The first kappa shape index (κ1) is 15.2. The van der Waals surface area contributed by atoms with Gasteiger partial charge >= 0.3 is 0 Å². The Morgan fingerprint density at radius 3 is 2.52 bits per heavy atom. The molecule has 0 saturated carbocycles. The maximum absolute atomic E-state index is 11.1. The fraction of sp³-hybridized carbons (Fsp3) is 0.353. The highest BCUT2D eigenvalue weighted by Gasteiger charge is 2.09. The summed E-state index contributed by atoms with van der Waals surface area (Å²) in [6.07, 6.45) is 5.66. The van der Waals surface area contributed by atoms with Crippen LogP contribution in [0.25, 0.3) is 12.2 Å². The van der Waals surface area contributed by atoms with Gasteiger partial charge in [-0.1, -0.05) is 55.0 Å². The van der Waals surface area contributed by atoms with E-state index in [0.717, 1.165) is 30.5 Å². The summed E-state index contributed by atoms with van der Waals surface area (Å²) in [5.41, 5.74) is 3.48. The van der Waals surface area contributed by atoms with Crippen molar-refractivity contribution in [2.45, 2.75) is 33.7 Å². The second kappa shape index (κ2) is 6.97. The van der Waals surface area contributed by atoms with Crippen molar-refractivity contribution in [3.05, 3.63) is 46.8 Å². The number of benzene rings is 1. The Bertz CT molecular complexity index is 624. The number of nitrogens with zero attached hydrogens (tertiary/aromatic N) is 3. The van der Waals surface area contributed by atoms with E-state index < -0.39 is 0 Å². The maximum atomic E-state index is 11.1. The summed E-state index contributed by atoms with van der Waals surface area (Å²) in [7, 11) is 0. The normalized spacial score (nSPS) is 11.4. The minimum Gasteiger partial charge on any atom is -0.296 e. The zero-order chi connectivity index (χ0) is 15.2. The number of aryl methyl sites for hydroxylation is 2. The highest BCUT2D eigenvalue weighted by Crippen LogP contribution is 2.13. The molecule has 0 unspecified atom stereocenters. The zero-order valence-electron chi connectivity index (χ0n) is 12.8. The fourth-order valence-electron chi connectivity index (χ4n) is 1.99. The van der Waals surface area contributed by atoms with Crippen LogP contribution in [-0.2, 0) is 6.54 Å². The van der Waals surface area contributed by atoms with Gasteiger partial charge in [-0.2, -0.15) is 0 Å². The van der Waals surface area contributed by atoms with Gasteiger partial charge in [0.1, 0.15) is 0 Å². The Labute approximate surface area is 125 Å². The Balaban J connectivity index is 2.22. The quantitative estimate of drug-likeness (QED) is 0.761. The first-order chi connectivity index (χ1) is 10.1. The largest absolute Gasteiger partial charge is 0.296 e. The smallest absolute Gasteiger partial charge is 0.172 e. The van der Waals surface area contributed by atoms with E-state index in [1.54, 1.807) is 4.68 Å². The van der Waals surface area contributed by atoms with E-state index in [0.29, 0.717) is 11.6 Å². The summed E-state index contributed by atoms with van der Waals surface area (Å²) < 4.78 is 1.80. The van der Waals surface area contributed by atoms with E-state index in [2.05, 4.69) is 55.3 Å². The van der Waals surface area contributed by atoms with Crippen molar-refractivity contribution < 1.29 is 4.79 Å². The molecule has 0 aliphatic carbocycles. The van der Waals surface area contributed by atoms with E-state index in [4.69, 9.17) is 0 Å². The van der Waals surface area contributed by atoms with Crippen LogP contribution in [0.3, 0.4) is 0 Å². The molecule has 21 heavy (non-hydrogen) atoms. The molecule has 1 aromatic carbocycles. The Morgan fingerprint density at radius 2 is 1.90 bits per heavy atom. The van der Waals surface area contributed by atoms with Gasteiger partial charge < -0.3 is 0 Å². The molecule has 0 N–H and O–H groups in total. The summed E-state index contributed by atoms with van der Waals surface area (Å²) in [4.78, 5) is 11.1. The van der Waals surface area contributed by atoms with Crippen molar-refractivity contribution in [1.82, 2.24) is 15.0 Å². The molecule has 0 bridgehead atoms. The monoisotopic (exact) mass is 283 g/mol. The standard InChI is InChI=1S/C17H21N3O/c1-13(2)10-11-20-17(16(12-21)18-19-20)9-8-15-6-4-14(3)5-7-15/h4-9,12-13H,10-11H2,1-3H3/b9-8+. The second-order valence-corrected chi connectivity index (χ2v) is 5.63. The maximum Gasteiger partial charge on any atom is 0.172 e. The minimum atomic E-state index is 0.391. The van der Waals surface area contributed by atoms with Gasteiger partial charge in [-0.3, -0.25) is 4.79 Å². The SMILES string of the molecule is Cc1ccc(/C=C/c2c(C=O)nnn2CCC(C)C)cc1. The minimum absolute atomic E-state index is 0.391. The highest BCUT2D eigenvalue weighted by molar-refractivity contribution is 5.81. The average molecular weight is 283 g/mol. The fourth-order valence-corrected chi connectivity index (χ4v) is 1.99. The lowest BCUT2D eigenvalue weighted by atomic mass is 10.1. The van der Waals surface area contributed by atoms with Gasteiger partial charge in [0.05, 0.1) is 5.69 Å². The van der Waals surface area contributed by atoms with Crippen LogP contribution in [0.5, 0.6) is 0 Å². The Morgan fingerprint density at radius 1 is 1.19 bits per heavy atom. The molecule has 2 rings (SSSR count). The van der Waals surface area contributed by atoms with Crippen LogP contribution < -0.4 is 0 Å². The van der Waals surface area contributed by atoms with Crippen LogP contribution in [0.4, 0.5) is 0 Å². The molecule has 110 valence electrons. The first-order valence-corrected chi connectivity index (χ1v) is 7.23. The van der Waals surface area contributed by atoms with Gasteiger partial charge in [-0.25, -0.2) is 4.68 Å². The number of carbonyl (C=O) groups excluding carboxylic acids is 1. The topological polar surface area (TPSA) is 47.8 Å². The lowest BCUT2D eigenvalue weighted by Crippen LogP contribution is -2.05. The number of hydrogen-bond acceptors (Lipinski definition) is 3. The van der Waals surface area contributed by atoms with E-state index in [9.17, 15) is 4.79 Å². The molecule has 0 amide bonds. The Hall–Kier alpha value is -2.23. The van der Waals surface area contributed by atoms with Crippen molar-refractivity contribution >= 4 is 18.4 Å². The lowest BCUT2D eigenvalue weighted by Gasteiger charge is -2.06. The highest BCUT2D eigenvalue weighted by atomic mass is 16.1. The molecule has 0 spiro atoms. The predicted molar refractivity (Wildman–Crippen MR) is 85.0 cm³/mol. The van der Waals surface area contributed by atoms with E-state index >= 15 is 0 Å². The van der Waals surface area contributed by atoms with Crippen LogP contribution in [0, 0.1) is 12.8 Å². The summed E-state index contributed by atoms with van der Waals surface area (Å²) in [6.45, 7) is 7.16. The van der Waals surface area contributed by atoms with Gasteiger partial charge in [0.2, 0.25) is 0 Å². The molecular weight excluding hydrogens is 262 g/mol. The molecule has 0 atom stereocenters. The third kappa shape index (κ3) is 4.12. The van der Waals surface area contributed by atoms with Gasteiger partial charge in [-0.15, -0.1) is 5.10 Å². The summed E-state index contributed by atoms with van der Waals surface area (Å²) in [5, 5.41) is 8.00. The van der Waals surface area contributed by atoms with Crippen molar-refractivity contribution in [3.8, 4) is 0 Å². The lowest BCUT2D eigenvalue weighted by molar-refractivity contribution is 0.111. The molecule has 4 heteroatoms. The molecule has 2 aromatic rings. The number of hydrogen-bond donors (Lipinski definition) is 0. The third-order valence-corrected chi connectivity index (χ3v) is 3.34. The van der Waals surface area contributed by atoms with Crippen molar-refractivity contribution in [2.24, 2.45) is 5.92 Å². The number of aromatic nitrogens is 3. The average Bonchev–Trinajstić information content (AvgIpc) is 2.86. The van der Waals surface area contributed by atoms with Crippen LogP contribution in [-0.4, -0.2) is 21.3 Å². The molecule has 1 aromatic heterocycles. The van der Waals surface area contributed by atoms with Crippen LogP contribution in [0.15, 0.2) is 24.3 Å². The molecule has 4 nitrogen and oxygen atoms in total. The van der Waals surface area contributed by atoms with Gasteiger partial charge in [-0.05, 0) is 30.9 Å². The van der Waals surface area contributed by atoms with Gasteiger partial charge in [0, 0.05) is 6.54 Å². The summed E-state index contributed by atoms with van der Waals surface area (Å²) in [5.74, 6) is 0.586. The van der Waals surface area contributed by atoms with Gasteiger partial charge in [0.15, 0.2) is 12.0 Å². The molecular formula is C17H21N3O. The molecule has 0 saturated heterocycles. The summed E-state index contributed by atoms with van der Waals surface area (Å²) in [6, 6.07) is 8.23. The van der Waals surface area contributed by atoms with E-state index in [-0.39, 0.29) is 0 Å². The predicted octanol–water partition coefficient (Wildman–Crippen LogP) is 3.62. The molecule has 0 radical (unpaired) electrons. The molecule has 1 heterocycles. The van der Waals surface area contributed by atoms with Crippen LogP contribution in [0.2, 0.25) is 0 Å². The molecule has 0 fully saturated rings. The Kier molecular flexibility index (Phi) is 5.04.